The van der Waals surface area contributed by atoms with Crippen LogP contribution in [-0.2, 0) is 6.54 Å². The largest absolute Gasteiger partial charge is 0.355 e. The van der Waals surface area contributed by atoms with Gasteiger partial charge in [0.25, 0.3) is 0 Å². The van der Waals surface area contributed by atoms with Crippen molar-refractivity contribution in [3.63, 3.8) is 0 Å². The summed E-state index contributed by atoms with van der Waals surface area (Å²) >= 11 is 0. The lowest BCUT2D eigenvalue weighted by Crippen LogP contribution is -2.40. The normalized spacial score (nSPS) is 18.6. The molecule has 4 heteroatoms. The van der Waals surface area contributed by atoms with Crippen molar-refractivity contribution in [2.45, 2.75) is 46.6 Å². The number of nitrogens with zero attached hydrogens (tertiary/aromatic N) is 3. The molecule has 1 N–H and O–H groups in total. The van der Waals surface area contributed by atoms with Gasteiger partial charge in [0.15, 0.2) is 0 Å². The number of anilines is 1. The zero-order valence-corrected chi connectivity index (χ0v) is 12.4. The van der Waals surface area contributed by atoms with Gasteiger partial charge in [-0.3, -0.25) is 4.98 Å². The summed E-state index contributed by atoms with van der Waals surface area (Å²) < 4.78 is 0. The van der Waals surface area contributed by atoms with Gasteiger partial charge in [-0.15, -0.1) is 0 Å². The van der Waals surface area contributed by atoms with Crippen LogP contribution in [-0.4, -0.2) is 29.6 Å². The van der Waals surface area contributed by atoms with E-state index in [0.717, 1.165) is 44.1 Å². The molecule has 0 spiro atoms. The summed E-state index contributed by atoms with van der Waals surface area (Å²) in [5, 5.41) is 3.35. The van der Waals surface area contributed by atoms with Crippen LogP contribution < -0.4 is 10.2 Å². The third-order valence-corrected chi connectivity index (χ3v) is 3.65. The van der Waals surface area contributed by atoms with Gasteiger partial charge in [0, 0.05) is 19.6 Å². The average Bonchev–Trinajstić information content (AvgIpc) is 2.39. The van der Waals surface area contributed by atoms with Gasteiger partial charge in [-0.2, -0.15) is 0 Å². The molecule has 1 aromatic rings. The SMILES string of the molecule is CCCNCc1cnc(N2CCCC(C)(C)C2)cn1. The molecule has 1 aromatic heterocycles. The first-order chi connectivity index (χ1) is 9.11. The zero-order valence-electron chi connectivity index (χ0n) is 12.4. The molecule has 2 rings (SSSR count). The van der Waals surface area contributed by atoms with E-state index in [1.165, 1.54) is 12.8 Å². The van der Waals surface area contributed by atoms with Gasteiger partial charge >= 0.3 is 0 Å². The third kappa shape index (κ3) is 4.16. The molecule has 1 fully saturated rings. The van der Waals surface area contributed by atoms with Crippen molar-refractivity contribution in [3.05, 3.63) is 18.1 Å². The van der Waals surface area contributed by atoms with Crippen LogP contribution in [0, 0.1) is 5.41 Å². The summed E-state index contributed by atoms with van der Waals surface area (Å²) in [7, 11) is 0. The molecule has 19 heavy (non-hydrogen) atoms. The molecule has 4 nitrogen and oxygen atoms in total. The fraction of sp³-hybridized carbons (Fsp3) is 0.733. The Morgan fingerprint density at radius 3 is 2.79 bits per heavy atom. The van der Waals surface area contributed by atoms with Gasteiger partial charge < -0.3 is 10.2 Å². The van der Waals surface area contributed by atoms with Crippen molar-refractivity contribution in [2.75, 3.05) is 24.5 Å². The number of nitrogens with one attached hydrogen (secondary N) is 1. The van der Waals surface area contributed by atoms with E-state index in [-0.39, 0.29) is 0 Å². The third-order valence-electron chi connectivity index (χ3n) is 3.65. The van der Waals surface area contributed by atoms with E-state index in [2.05, 4.69) is 41.0 Å². The molecule has 0 bridgehead atoms. The monoisotopic (exact) mass is 262 g/mol. The molecule has 0 amide bonds. The number of rotatable bonds is 5. The van der Waals surface area contributed by atoms with Crippen molar-refractivity contribution in [2.24, 2.45) is 5.41 Å². The lowest BCUT2D eigenvalue weighted by atomic mass is 9.84. The fourth-order valence-electron chi connectivity index (χ4n) is 2.61. The Bertz CT molecular complexity index is 386. The van der Waals surface area contributed by atoms with Gasteiger partial charge in [-0.05, 0) is 31.2 Å². The van der Waals surface area contributed by atoms with Crippen LogP contribution in [0.4, 0.5) is 5.82 Å². The second-order valence-electron chi connectivity index (χ2n) is 6.23. The van der Waals surface area contributed by atoms with Crippen LogP contribution in [0.2, 0.25) is 0 Å². The van der Waals surface area contributed by atoms with Crippen molar-refractivity contribution in [3.8, 4) is 0 Å². The highest BCUT2D eigenvalue weighted by atomic mass is 15.2. The summed E-state index contributed by atoms with van der Waals surface area (Å²) in [5.74, 6) is 1.02. The maximum Gasteiger partial charge on any atom is 0.147 e. The van der Waals surface area contributed by atoms with E-state index in [4.69, 9.17) is 0 Å². The first-order valence-electron chi connectivity index (χ1n) is 7.37. The Morgan fingerprint density at radius 1 is 1.32 bits per heavy atom. The molecular formula is C15H26N4. The summed E-state index contributed by atoms with van der Waals surface area (Å²) in [5.41, 5.74) is 1.41. The van der Waals surface area contributed by atoms with Gasteiger partial charge in [-0.1, -0.05) is 20.8 Å². The maximum absolute atomic E-state index is 4.57. The van der Waals surface area contributed by atoms with Crippen molar-refractivity contribution >= 4 is 5.82 Å². The second-order valence-corrected chi connectivity index (χ2v) is 6.23. The van der Waals surface area contributed by atoms with Crippen LogP contribution in [0.5, 0.6) is 0 Å². The van der Waals surface area contributed by atoms with Crippen LogP contribution in [0.3, 0.4) is 0 Å². The van der Waals surface area contributed by atoms with Crippen molar-refractivity contribution in [1.82, 2.24) is 15.3 Å². The predicted octanol–water partition coefficient (Wildman–Crippen LogP) is 2.60. The number of piperidine rings is 1. The molecular weight excluding hydrogens is 236 g/mol. The van der Waals surface area contributed by atoms with Gasteiger partial charge in [0.1, 0.15) is 5.82 Å². The molecule has 0 aromatic carbocycles. The van der Waals surface area contributed by atoms with Crippen LogP contribution in [0.15, 0.2) is 12.4 Å². The average molecular weight is 262 g/mol. The van der Waals surface area contributed by atoms with E-state index in [1.807, 2.05) is 12.4 Å². The Hall–Kier alpha value is -1.16. The predicted molar refractivity (Wildman–Crippen MR) is 79.3 cm³/mol. The molecule has 0 radical (unpaired) electrons. The van der Waals surface area contributed by atoms with Gasteiger partial charge in [-0.25, -0.2) is 4.98 Å². The van der Waals surface area contributed by atoms with Crippen molar-refractivity contribution in [1.29, 1.82) is 0 Å². The van der Waals surface area contributed by atoms with E-state index in [1.54, 1.807) is 0 Å². The van der Waals surface area contributed by atoms with E-state index < -0.39 is 0 Å². The highest BCUT2D eigenvalue weighted by molar-refractivity contribution is 5.36. The van der Waals surface area contributed by atoms with Crippen LogP contribution in [0.25, 0.3) is 0 Å². The lowest BCUT2D eigenvalue weighted by molar-refractivity contribution is 0.292. The molecule has 1 aliphatic heterocycles. The number of hydrogen-bond acceptors (Lipinski definition) is 4. The maximum atomic E-state index is 4.57. The summed E-state index contributed by atoms with van der Waals surface area (Å²) in [4.78, 5) is 11.4. The number of aromatic nitrogens is 2. The van der Waals surface area contributed by atoms with Crippen LogP contribution in [0.1, 0.15) is 45.7 Å². The topological polar surface area (TPSA) is 41.1 Å². The van der Waals surface area contributed by atoms with Crippen molar-refractivity contribution < 1.29 is 0 Å². The van der Waals surface area contributed by atoms with Gasteiger partial charge in [0.05, 0.1) is 18.1 Å². The Kier molecular flexibility index (Phi) is 4.75. The summed E-state index contributed by atoms with van der Waals surface area (Å²) in [6.45, 7) is 10.8. The lowest BCUT2D eigenvalue weighted by Gasteiger charge is -2.38. The summed E-state index contributed by atoms with van der Waals surface area (Å²) in [6, 6.07) is 0. The Balaban J connectivity index is 1.94. The molecule has 0 atom stereocenters. The standard InChI is InChI=1S/C15H26N4/c1-4-7-16-9-13-10-18-14(11-17-13)19-8-5-6-15(2,3)12-19/h10-11,16H,4-9,12H2,1-3H3. The minimum Gasteiger partial charge on any atom is -0.355 e. The molecule has 0 unspecified atom stereocenters. The Morgan fingerprint density at radius 2 is 2.16 bits per heavy atom. The molecule has 106 valence electrons. The smallest absolute Gasteiger partial charge is 0.147 e. The Labute approximate surface area is 116 Å². The first kappa shape index (κ1) is 14.3. The number of hydrogen-bond donors (Lipinski definition) is 1. The second kappa shape index (κ2) is 6.33. The van der Waals surface area contributed by atoms with Crippen LogP contribution >= 0.6 is 0 Å². The quantitative estimate of drug-likeness (QED) is 0.828. The van der Waals surface area contributed by atoms with E-state index in [0.29, 0.717) is 5.41 Å². The molecule has 0 aliphatic carbocycles. The summed E-state index contributed by atoms with van der Waals surface area (Å²) in [6.07, 6.45) is 7.52. The van der Waals surface area contributed by atoms with E-state index in [9.17, 15) is 0 Å². The molecule has 1 aliphatic rings. The van der Waals surface area contributed by atoms with E-state index >= 15 is 0 Å². The molecule has 2 heterocycles. The highest BCUT2D eigenvalue weighted by Crippen LogP contribution is 2.30. The molecule has 0 saturated carbocycles. The first-order valence-corrected chi connectivity index (χ1v) is 7.37. The minimum atomic E-state index is 0.390. The highest BCUT2D eigenvalue weighted by Gasteiger charge is 2.27. The minimum absolute atomic E-state index is 0.390. The zero-order chi connectivity index (χ0) is 13.7. The van der Waals surface area contributed by atoms with Gasteiger partial charge in [0.2, 0.25) is 0 Å². The molecule has 1 saturated heterocycles. The fourth-order valence-corrected chi connectivity index (χ4v) is 2.61.